The molecule has 3 N–H and O–H groups in total. The summed E-state index contributed by atoms with van der Waals surface area (Å²) in [7, 11) is 0. The monoisotopic (exact) mass is 265 g/mol. The van der Waals surface area contributed by atoms with Gasteiger partial charge in [0.15, 0.2) is 0 Å². The van der Waals surface area contributed by atoms with Crippen LogP contribution in [0.5, 0.6) is 0 Å². The van der Waals surface area contributed by atoms with Gasteiger partial charge in [-0.05, 0) is 43.9 Å². The van der Waals surface area contributed by atoms with Gasteiger partial charge in [-0.3, -0.25) is 0 Å². The fourth-order valence-corrected chi connectivity index (χ4v) is 4.29. The van der Waals surface area contributed by atoms with E-state index in [1.54, 1.807) is 0 Å². The molecule has 0 radical (unpaired) electrons. The van der Waals surface area contributed by atoms with Gasteiger partial charge in [0.1, 0.15) is 0 Å². The average molecular weight is 265 g/mol. The molecule has 1 heterocycles. The molecule has 3 rings (SSSR count). The van der Waals surface area contributed by atoms with Gasteiger partial charge in [-0.25, -0.2) is 4.79 Å². The summed E-state index contributed by atoms with van der Waals surface area (Å²) in [5, 5.41) is 3.24. The molecule has 2 unspecified atom stereocenters. The van der Waals surface area contributed by atoms with Crippen molar-refractivity contribution in [3.05, 3.63) is 0 Å². The average Bonchev–Trinajstić information content (AvgIpc) is 2.38. The molecule has 19 heavy (non-hydrogen) atoms. The minimum absolute atomic E-state index is 0.178. The summed E-state index contributed by atoms with van der Waals surface area (Å²) in [6.07, 6.45) is 9.68. The fraction of sp³-hybridized carbons (Fsp3) is 0.933. The van der Waals surface area contributed by atoms with Gasteiger partial charge in [-0.15, -0.1) is 0 Å². The fourth-order valence-electron chi connectivity index (χ4n) is 4.29. The molecule has 2 atom stereocenters. The zero-order chi connectivity index (χ0) is 13.2. The second kappa shape index (κ2) is 5.70. The molecule has 108 valence electrons. The quantitative estimate of drug-likeness (QED) is 0.762. The zero-order valence-corrected chi connectivity index (χ0v) is 11.8. The minimum Gasteiger partial charge on any atom is -0.335 e. The molecular formula is C15H27N3O. The minimum atomic E-state index is 0.178. The van der Waals surface area contributed by atoms with E-state index >= 15 is 0 Å². The van der Waals surface area contributed by atoms with Crippen LogP contribution in [0.4, 0.5) is 4.79 Å². The normalized spacial score (nSPS) is 36.1. The number of fused-ring (bicyclic) bond motifs is 2. The van der Waals surface area contributed by atoms with E-state index in [0.29, 0.717) is 23.9 Å². The van der Waals surface area contributed by atoms with Crippen LogP contribution >= 0.6 is 0 Å². The van der Waals surface area contributed by atoms with Crippen molar-refractivity contribution in [2.24, 2.45) is 17.6 Å². The Kier molecular flexibility index (Phi) is 3.96. The maximum absolute atomic E-state index is 12.4. The van der Waals surface area contributed by atoms with E-state index in [0.717, 1.165) is 38.8 Å². The molecule has 0 aromatic heterocycles. The van der Waals surface area contributed by atoms with E-state index in [9.17, 15) is 4.79 Å². The standard InChI is InChI=1S/C15H27N3O/c16-13-7-11-6-12(8-13)10-18(9-11)15(19)17-14-4-2-1-3-5-14/h11-14H,1-10,16H2,(H,17,19). The van der Waals surface area contributed by atoms with Crippen molar-refractivity contribution < 1.29 is 4.79 Å². The molecular weight excluding hydrogens is 238 g/mol. The molecule has 2 saturated carbocycles. The molecule has 4 nitrogen and oxygen atoms in total. The lowest BCUT2D eigenvalue weighted by Gasteiger charge is -2.43. The van der Waals surface area contributed by atoms with E-state index in [4.69, 9.17) is 5.73 Å². The SMILES string of the molecule is NC1CC2CC(C1)CN(C(=O)NC1CCCCC1)C2. The molecule has 1 aliphatic heterocycles. The number of likely N-dealkylation sites (tertiary alicyclic amines) is 1. The smallest absolute Gasteiger partial charge is 0.317 e. The Hall–Kier alpha value is -0.770. The third kappa shape index (κ3) is 3.22. The number of nitrogens with zero attached hydrogens (tertiary/aromatic N) is 1. The Labute approximate surface area is 116 Å². The van der Waals surface area contributed by atoms with Crippen LogP contribution in [0.3, 0.4) is 0 Å². The molecule has 0 spiro atoms. The highest BCUT2D eigenvalue weighted by Crippen LogP contribution is 2.34. The number of piperidine rings is 1. The summed E-state index contributed by atoms with van der Waals surface area (Å²) in [5.74, 6) is 1.28. The molecule has 3 fully saturated rings. The van der Waals surface area contributed by atoms with Gasteiger partial charge in [-0.1, -0.05) is 19.3 Å². The summed E-state index contributed by atoms with van der Waals surface area (Å²) in [6, 6.07) is 0.967. The van der Waals surface area contributed by atoms with E-state index < -0.39 is 0 Å². The van der Waals surface area contributed by atoms with Crippen molar-refractivity contribution in [3.8, 4) is 0 Å². The van der Waals surface area contributed by atoms with Gasteiger partial charge in [0.05, 0.1) is 0 Å². The number of hydrogen-bond acceptors (Lipinski definition) is 2. The van der Waals surface area contributed by atoms with Crippen LogP contribution in [0.1, 0.15) is 51.4 Å². The van der Waals surface area contributed by atoms with Crippen LogP contribution in [0.2, 0.25) is 0 Å². The number of carbonyl (C=O) groups is 1. The van der Waals surface area contributed by atoms with Gasteiger partial charge in [0, 0.05) is 25.2 Å². The van der Waals surface area contributed by atoms with Crippen molar-refractivity contribution in [1.82, 2.24) is 10.2 Å². The van der Waals surface area contributed by atoms with Crippen LogP contribution in [-0.4, -0.2) is 36.1 Å². The molecule has 3 aliphatic rings. The number of urea groups is 1. The molecule has 0 aromatic rings. The lowest BCUT2D eigenvalue weighted by molar-refractivity contribution is 0.0920. The van der Waals surface area contributed by atoms with E-state index in [-0.39, 0.29) is 6.03 Å². The first-order valence-electron chi connectivity index (χ1n) is 8.01. The van der Waals surface area contributed by atoms with Crippen LogP contribution in [0.15, 0.2) is 0 Å². The molecule has 2 amide bonds. The predicted octanol–water partition coefficient (Wildman–Crippen LogP) is 2.09. The van der Waals surface area contributed by atoms with E-state index in [2.05, 4.69) is 10.2 Å². The van der Waals surface area contributed by atoms with Gasteiger partial charge in [0.2, 0.25) is 0 Å². The van der Waals surface area contributed by atoms with Crippen molar-refractivity contribution in [2.45, 2.75) is 63.5 Å². The number of rotatable bonds is 1. The zero-order valence-electron chi connectivity index (χ0n) is 11.8. The van der Waals surface area contributed by atoms with E-state index in [1.165, 1.54) is 25.7 Å². The number of amides is 2. The van der Waals surface area contributed by atoms with Crippen LogP contribution in [0.25, 0.3) is 0 Å². The maximum atomic E-state index is 12.4. The number of carbonyl (C=O) groups excluding carboxylic acids is 1. The highest BCUT2D eigenvalue weighted by Gasteiger charge is 2.35. The molecule has 0 aromatic carbocycles. The summed E-state index contributed by atoms with van der Waals surface area (Å²) in [4.78, 5) is 14.4. The van der Waals surface area contributed by atoms with Crippen LogP contribution < -0.4 is 11.1 Å². The van der Waals surface area contributed by atoms with Gasteiger partial charge < -0.3 is 16.0 Å². The Bertz CT molecular complexity index is 309. The van der Waals surface area contributed by atoms with Crippen molar-refractivity contribution in [1.29, 1.82) is 0 Å². The summed E-state index contributed by atoms with van der Waals surface area (Å²) >= 11 is 0. The second-order valence-corrected chi connectivity index (χ2v) is 6.89. The molecule has 2 bridgehead atoms. The van der Waals surface area contributed by atoms with E-state index in [1.807, 2.05) is 0 Å². The Balaban J connectivity index is 1.52. The Morgan fingerprint density at radius 3 is 2.26 bits per heavy atom. The lowest BCUT2D eigenvalue weighted by atomic mass is 9.76. The maximum Gasteiger partial charge on any atom is 0.317 e. The van der Waals surface area contributed by atoms with Gasteiger partial charge in [-0.2, -0.15) is 0 Å². The molecule has 2 aliphatic carbocycles. The highest BCUT2D eigenvalue weighted by molar-refractivity contribution is 5.74. The number of nitrogens with two attached hydrogens (primary N) is 1. The summed E-state index contributed by atoms with van der Waals surface area (Å²) < 4.78 is 0. The molecule has 1 saturated heterocycles. The predicted molar refractivity (Wildman–Crippen MR) is 75.8 cm³/mol. The largest absolute Gasteiger partial charge is 0.335 e. The third-order valence-electron chi connectivity index (χ3n) is 5.12. The number of nitrogens with one attached hydrogen (secondary N) is 1. The van der Waals surface area contributed by atoms with Gasteiger partial charge in [0.25, 0.3) is 0 Å². The number of hydrogen-bond donors (Lipinski definition) is 2. The molecule has 4 heteroatoms. The van der Waals surface area contributed by atoms with Crippen molar-refractivity contribution in [2.75, 3.05) is 13.1 Å². The first-order chi connectivity index (χ1) is 9.20. The topological polar surface area (TPSA) is 58.4 Å². The Morgan fingerprint density at radius 1 is 1.00 bits per heavy atom. The van der Waals surface area contributed by atoms with Crippen molar-refractivity contribution in [3.63, 3.8) is 0 Å². The Morgan fingerprint density at radius 2 is 1.63 bits per heavy atom. The van der Waals surface area contributed by atoms with Gasteiger partial charge >= 0.3 is 6.03 Å². The summed E-state index contributed by atoms with van der Waals surface area (Å²) in [6.45, 7) is 1.84. The second-order valence-electron chi connectivity index (χ2n) is 6.89. The lowest BCUT2D eigenvalue weighted by Crippen LogP contribution is -2.54. The van der Waals surface area contributed by atoms with Crippen molar-refractivity contribution >= 4 is 6.03 Å². The highest BCUT2D eigenvalue weighted by atomic mass is 16.2. The third-order valence-corrected chi connectivity index (χ3v) is 5.12. The first-order valence-corrected chi connectivity index (χ1v) is 8.01. The van der Waals surface area contributed by atoms with Crippen LogP contribution in [0, 0.1) is 11.8 Å². The summed E-state index contributed by atoms with van der Waals surface area (Å²) in [5.41, 5.74) is 6.08. The van der Waals surface area contributed by atoms with Crippen LogP contribution in [-0.2, 0) is 0 Å². The first kappa shape index (κ1) is 13.2.